The maximum absolute atomic E-state index is 12.2. The van der Waals surface area contributed by atoms with E-state index in [9.17, 15) is 13.2 Å². The van der Waals surface area contributed by atoms with Crippen molar-refractivity contribution in [2.24, 2.45) is 11.8 Å². The van der Waals surface area contributed by atoms with Crippen LogP contribution in [0, 0.1) is 11.8 Å². The minimum atomic E-state index is -3.44. The van der Waals surface area contributed by atoms with E-state index in [-0.39, 0.29) is 23.4 Å². The van der Waals surface area contributed by atoms with Gasteiger partial charge in [0.05, 0.1) is 5.56 Å². The number of carbonyl (C=O) groups is 1. The van der Waals surface area contributed by atoms with Gasteiger partial charge >= 0.3 is 5.97 Å². The van der Waals surface area contributed by atoms with E-state index in [2.05, 4.69) is 14.7 Å². The molecule has 10 heteroatoms. The number of hydrogen-bond acceptors (Lipinski definition) is 7. The van der Waals surface area contributed by atoms with E-state index in [4.69, 9.17) is 5.11 Å². The third-order valence-corrected chi connectivity index (χ3v) is 7.27. The van der Waals surface area contributed by atoms with Crippen LogP contribution >= 0.6 is 11.3 Å². The maximum atomic E-state index is 12.2. The number of thiophene rings is 1. The highest BCUT2D eigenvalue weighted by molar-refractivity contribution is 7.91. The van der Waals surface area contributed by atoms with Crippen LogP contribution in [0.15, 0.2) is 34.1 Å². The summed E-state index contributed by atoms with van der Waals surface area (Å²) in [4.78, 5) is 20.9. The van der Waals surface area contributed by atoms with Crippen LogP contribution in [0.5, 0.6) is 0 Å². The summed E-state index contributed by atoms with van der Waals surface area (Å²) >= 11 is 1.20. The van der Waals surface area contributed by atoms with Gasteiger partial charge in [-0.25, -0.2) is 27.9 Å². The second-order valence-electron chi connectivity index (χ2n) is 5.89. The highest BCUT2D eigenvalue weighted by atomic mass is 32.2. The molecule has 8 nitrogen and oxygen atoms in total. The lowest BCUT2D eigenvalue weighted by molar-refractivity contribution is 0.0696. The molecule has 3 atom stereocenters. The number of piperidine rings is 1. The fourth-order valence-electron chi connectivity index (χ4n) is 3.11. The number of aromatic carboxylic acids is 1. The van der Waals surface area contributed by atoms with E-state index in [1.54, 1.807) is 17.5 Å². The molecule has 1 saturated carbocycles. The minimum Gasteiger partial charge on any atom is -0.478 e. The molecule has 1 aliphatic heterocycles. The molecule has 2 aromatic rings. The van der Waals surface area contributed by atoms with Crippen molar-refractivity contribution in [1.29, 1.82) is 0 Å². The van der Waals surface area contributed by atoms with Gasteiger partial charge in [-0.1, -0.05) is 6.07 Å². The Labute approximate surface area is 142 Å². The van der Waals surface area contributed by atoms with Crippen LogP contribution in [-0.4, -0.2) is 48.6 Å². The second-order valence-corrected chi connectivity index (χ2v) is 8.78. The number of nitrogens with one attached hydrogen (secondary N) is 1. The zero-order valence-corrected chi connectivity index (χ0v) is 14.0. The van der Waals surface area contributed by atoms with Gasteiger partial charge in [-0.2, -0.15) is 0 Å². The Kier molecular flexibility index (Phi) is 3.55. The summed E-state index contributed by atoms with van der Waals surface area (Å²) in [6.07, 6.45) is 2.57. The monoisotopic (exact) mass is 366 g/mol. The van der Waals surface area contributed by atoms with Crippen LogP contribution in [0.3, 0.4) is 0 Å². The molecular formula is C14H14N4O4S2. The highest BCUT2D eigenvalue weighted by Crippen LogP contribution is 2.46. The average Bonchev–Trinajstić information content (AvgIpc) is 3.01. The van der Waals surface area contributed by atoms with E-state index in [1.807, 2.05) is 4.90 Å². The van der Waals surface area contributed by atoms with Gasteiger partial charge in [0.2, 0.25) is 16.0 Å². The van der Waals surface area contributed by atoms with Crippen molar-refractivity contribution in [3.8, 4) is 0 Å². The van der Waals surface area contributed by atoms with Crippen LogP contribution in [0.1, 0.15) is 10.4 Å². The Balaban J connectivity index is 1.38. The van der Waals surface area contributed by atoms with Gasteiger partial charge < -0.3 is 10.0 Å². The molecule has 24 heavy (non-hydrogen) atoms. The smallest absolute Gasteiger partial charge is 0.338 e. The summed E-state index contributed by atoms with van der Waals surface area (Å²) < 4.78 is 27.6. The predicted molar refractivity (Wildman–Crippen MR) is 86.6 cm³/mol. The van der Waals surface area contributed by atoms with Gasteiger partial charge in [0.25, 0.3) is 0 Å². The Morgan fingerprint density at radius 2 is 1.96 bits per heavy atom. The van der Waals surface area contributed by atoms with E-state index < -0.39 is 16.0 Å². The zero-order chi connectivity index (χ0) is 16.9. The molecule has 0 bridgehead atoms. The number of carboxylic acid groups (broad SMARTS) is 1. The Bertz CT molecular complexity index is 855. The van der Waals surface area contributed by atoms with Gasteiger partial charge in [-0.05, 0) is 23.3 Å². The average molecular weight is 366 g/mol. The molecule has 2 aliphatic rings. The van der Waals surface area contributed by atoms with E-state index in [1.165, 1.54) is 23.7 Å². The molecular weight excluding hydrogens is 352 g/mol. The number of carboxylic acids is 1. The lowest BCUT2D eigenvalue weighted by Gasteiger charge is -2.19. The lowest BCUT2D eigenvalue weighted by Crippen LogP contribution is -2.35. The number of nitrogens with zero attached hydrogens (tertiary/aromatic N) is 3. The van der Waals surface area contributed by atoms with Gasteiger partial charge in [0.1, 0.15) is 4.21 Å². The van der Waals surface area contributed by atoms with Gasteiger partial charge in [0.15, 0.2) is 0 Å². The first-order valence-corrected chi connectivity index (χ1v) is 9.68. The van der Waals surface area contributed by atoms with Crippen LogP contribution in [0.25, 0.3) is 0 Å². The quantitative estimate of drug-likeness (QED) is 0.799. The largest absolute Gasteiger partial charge is 0.478 e. The van der Waals surface area contributed by atoms with Crippen molar-refractivity contribution in [3.05, 3.63) is 35.5 Å². The van der Waals surface area contributed by atoms with E-state index in [0.717, 1.165) is 0 Å². The van der Waals surface area contributed by atoms with Crippen molar-refractivity contribution < 1.29 is 18.3 Å². The van der Waals surface area contributed by atoms with Gasteiger partial charge in [-0.3, -0.25) is 0 Å². The van der Waals surface area contributed by atoms with Crippen molar-refractivity contribution >= 4 is 33.3 Å². The molecule has 1 aliphatic carbocycles. The molecule has 0 spiro atoms. The van der Waals surface area contributed by atoms with Gasteiger partial charge in [0, 0.05) is 31.5 Å². The summed E-state index contributed by atoms with van der Waals surface area (Å²) in [7, 11) is -3.44. The number of anilines is 1. The lowest BCUT2D eigenvalue weighted by atomic mass is 10.3. The molecule has 1 unspecified atom stereocenters. The van der Waals surface area contributed by atoms with Crippen LogP contribution in [0.2, 0.25) is 0 Å². The third-order valence-electron chi connectivity index (χ3n) is 4.41. The zero-order valence-electron chi connectivity index (χ0n) is 12.4. The molecule has 1 saturated heterocycles. The van der Waals surface area contributed by atoms with E-state index >= 15 is 0 Å². The maximum Gasteiger partial charge on any atom is 0.338 e. The molecule has 4 rings (SSSR count). The Hall–Kier alpha value is -2.04. The SMILES string of the molecule is O=C(O)c1cnc(N2C[C@@H]3C(NS(=O)(=O)c4cccs4)[C@@H]3C2)nc1. The molecule has 3 heterocycles. The van der Waals surface area contributed by atoms with Crippen molar-refractivity contribution in [2.75, 3.05) is 18.0 Å². The molecule has 0 aromatic carbocycles. The normalized spacial score (nSPS) is 25.5. The number of rotatable bonds is 5. The Morgan fingerprint density at radius 1 is 1.29 bits per heavy atom. The summed E-state index contributed by atoms with van der Waals surface area (Å²) in [5.74, 6) is -0.106. The first-order chi connectivity index (χ1) is 11.5. The topological polar surface area (TPSA) is 112 Å². The molecule has 2 N–H and O–H groups in total. The molecule has 2 aromatic heterocycles. The Morgan fingerprint density at radius 3 is 2.50 bits per heavy atom. The van der Waals surface area contributed by atoms with E-state index in [0.29, 0.717) is 23.2 Å². The summed E-state index contributed by atoms with van der Waals surface area (Å²) in [5, 5.41) is 10.6. The number of hydrogen-bond donors (Lipinski definition) is 2. The fourth-order valence-corrected chi connectivity index (χ4v) is 5.46. The van der Waals surface area contributed by atoms with Crippen LogP contribution in [0.4, 0.5) is 5.95 Å². The van der Waals surface area contributed by atoms with Crippen molar-refractivity contribution in [2.45, 2.75) is 10.3 Å². The van der Waals surface area contributed by atoms with Crippen molar-refractivity contribution in [3.63, 3.8) is 0 Å². The number of fused-ring (bicyclic) bond motifs is 1. The standard InChI is InChI=1S/C14H14N4O4S2/c19-13(20)8-4-15-14(16-5-8)18-6-9-10(7-18)12(9)17-24(21,22)11-2-1-3-23-11/h1-5,9-10,12,17H,6-7H2,(H,19,20)/t9-,10+,12?. The molecule has 0 radical (unpaired) electrons. The first-order valence-electron chi connectivity index (χ1n) is 7.32. The summed E-state index contributed by atoms with van der Waals surface area (Å²) in [6, 6.07) is 3.26. The number of aromatic nitrogens is 2. The van der Waals surface area contributed by atoms with Crippen LogP contribution in [-0.2, 0) is 10.0 Å². The fraction of sp³-hybridized carbons (Fsp3) is 0.357. The summed E-state index contributed by atoms with van der Waals surface area (Å²) in [5.41, 5.74) is 0.0460. The highest BCUT2D eigenvalue weighted by Gasteiger charge is 2.57. The van der Waals surface area contributed by atoms with Crippen molar-refractivity contribution in [1.82, 2.24) is 14.7 Å². The van der Waals surface area contributed by atoms with Gasteiger partial charge in [-0.15, -0.1) is 11.3 Å². The molecule has 126 valence electrons. The minimum absolute atomic E-state index is 0.0460. The van der Waals surface area contributed by atoms with Crippen LogP contribution < -0.4 is 9.62 Å². The summed E-state index contributed by atoms with van der Waals surface area (Å²) in [6.45, 7) is 1.32. The third kappa shape index (κ3) is 2.66. The molecule has 2 fully saturated rings. The predicted octanol–water partition coefficient (Wildman–Crippen LogP) is 0.649. The first kappa shape index (κ1) is 15.5. The number of sulfonamides is 1. The second kappa shape index (κ2) is 5.50. The molecule has 0 amide bonds.